The topological polar surface area (TPSA) is 39.2 Å². The first-order valence-corrected chi connectivity index (χ1v) is 6.56. The molecule has 0 atom stereocenters. The summed E-state index contributed by atoms with van der Waals surface area (Å²) >= 11 is 0. The molecule has 0 saturated carbocycles. The maximum atomic E-state index is 10.9. The predicted molar refractivity (Wildman–Crippen MR) is 72.8 cm³/mol. The van der Waals surface area contributed by atoms with Gasteiger partial charge in [-0.05, 0) is 61.1 Å². The molecule has 0 fully saturated rings. The van der Waals surface area contributed by atoms with Gasteiger partial charge in [-0.3, -0.25) is 4.79 Å². The summed E-state index contributed by atoms with van der Waals surface area (Å²) in [5.74, 6) is 1.12. The smallest absolute Gasteiger partial charge is 0.229 e. The van der Waals surface area contributed by atoms with E-state index in [-0.39, 0.29) is 0 Å². The van der Waals surface area contributed by atoms with Gasteiger partial charge in [0.1, 0.15) is 5.75 Å². The van der Waals surface area contributed by atoms with Crippen LogP contribution in [0.25, 0.3) is 0 Å². The van der Waals surface area contributed by atoms with E-state index in [2.05, 4.69) is 17.1 Å². The van der Waals surface area contributed by atoms with Crippen LogP contribution in [0.15, 0.2) is 36.5 Å². The molecule has 0 N–H and O–H groups in total. The lowest BCUT2D eigenvalue weighted by atomic mass is 9.92. The van der Waals surface area contributed by atoms with E-state index >= 15 is 0 Å². The van der Waals surface area contributed by atoms with Gasteiger partial charge in [0.25, 0.3) is 0 Å². The van der Waals surface area contributed by atoms with Crippen molar-refractivity contribution in [2.24, 2.45) is 0 Å². The Morgan fingerprint density at radius 1 is 1.11 bits per heavy atom. The number of fused-ring (bicyclic) bond motifs is 1. The van der Waals surface area contributed by atoms with Gasteiger partial charge >= 0.3 is 0 Å². The summed E-state index contributed by atoms with van der Waals surface area (Å²) in [5.41, 5.74) is 3.24. The molecule has 1 aliphatic rings. The van der Waals surface area contributed by atoms with Crippen molar-refractivity contribution in [1.29, 1.82) is 0 Å². The molecule has 0 spiro atoms. The number of benzene rings is 1. The fourth-order valence-electron chi connectivity index (χ4n) is 2.46. The molecule has 0 aliphatic heterocycles. The molecule has 1 aromatic heterocycles. The van der Waals surface area contributed by atoms with E-state index in [0.717, 1.165) is 24.9 Å². The average molecular weight is 253 g/mol. The molecule has 3 nitrogen and oxygen atoms in total. The molecular formula is C16H15NO2. The van der Waals surface area contributed by atoms with Crippen molar-refractivity contribution >= 4 is 6.29 Å². The predicted octanol–water partition coefficient (Wildman–Crippen LogP) is 3.57. The second-order valence-corrected chi connectivity index (χ2v) is 4.76. The van der Waals surface area contributed by atoms with Crippen LogP contribution in [0.5, 0.6) is 11.6 Å². The fourth-order valence-corrected chi connectivity index (χ4v) is 2.46. The van der Waals surface area contributed by atoms with E-state index in [4.69, 9.17) is 4.74 Å². The van der Waals surface area contributed by atoms with Crippen molar-refractivity contribution in [1.82, 2.24) is 4.98 Å². The Morgan fingerprint density at radius 3 is 2.79 bits per heavy atom. The lowest BCUT2D eigenvalue weighted by Gasteiger charge is -2.16. The maximum Gasteiger partial charge on any atom is 0.229 e. The molecule has 1 aromatic carbocycles. The number of nitrogens with zero attached hydrogens (tertiary/aromatic N) is 1. The molecule has 0 radical (unpaired) electrons. The van der Waals surface area contributed by atoms with Crippen LogP contribution >= 0.6 is 0 Å². The fraction of sp³-hybridized carbons (Fsp3) is 0.250. The van der Waals surface area contributed by atoms with E-state index in [9.17, 15) is 4.79 Å². The first-order valence-electron chi connectivity index (χ1n) is 6.56. The van der Waals surface area contributed by atoms with Crippen LogP contribution in [-0.4, -0.2) is 11.3 Å². The molecule has 3 heteroatoms. The number of carbonyl (C=O) groups is 1. The normalized spacial score (nSPS) is 13.7. The lowest BCUT2D eigenvalue weighted by Crippen LogP contribution is -2.02. The molecule has 1 heterocycles. The molecule has 19 heavy (non-hydrogen) atoms. The minimum absolute atomic E-state index is 0.369. The highest BCUT2D eigenvalue weighted by atomic mass is 16.5. The summed E-state index contributed by atoms with van der Waals surface area (Å²) < 4.78 is 5.72. The second-order valence-electron chi connectivity index (χ2n) is 4.76. The molecule has 0 bridgehead atoms. The van der Waals surface area contributed by atoms with Crippen molar-refractivity contribution in [3.63, 3.8) is 0 Å². The van der Waals surface area contributed by atoms with Crippen molar-refractivity contribution in [3.05, 3.63) is 53.2 Å². The Balaban J connectivity index is 1.89. The highest BCUT2D eigenvalue weighted by molar-refractivity contribution is 5.78. The van der Waals surface area contributed by atoms with Crippen LogP contribution < -0.4 is 4.74 Å². The van der Waals surface area contributed by atoms with Gasteiger partial charge in [0.2, 0.25) is 5.88 Å². The van der Waals surface area contributed by atoms with Gasteiger partial charge < -0.3 is 4.74 Å². The van der Waals surface area contributed by atoms with Crippen LogP contribution in [0.1, 0.15) is 34.3 Å². The minimum atomic E-state index is 0.369. The van der Waals surface area contributed by atoms with Crippen LogP contribution in [0.4, 0.5) is 0 Å². The Kier molecular flexibility index (Phi) is 3.27. The van der Waals surface area contributed by atoms with Gasteiger partial charge in [-0.15, -0.1) is 0 Å². The summed E-state index contributed by atoms with van der Waals surface area (Å²) in [6.45, 7) is 0. The van der Waals surface area contributed by atoms with Crippen molar-refractivity contribution in [2.45, 2.75) is 25.7 Å². The van der Waals surface area contributed by atoms with E-state index in [1.807, 2.05) is 6.07 Å². The quantitative estimate of drug-likeness (QED) is 0.785. The zero-order chi connectivity index (χ0) is 13.1. The van der Waals surface area contributed by atoms with E-state index < -0.39 is 0 Å². The Morgan fingerprint density at radius 2 is 1.95 bits per heavy atom. The lowest BCUT2D eigenvalue weighted by molar-refractivity contribution is 0.112. The summed E-state index contributed by atoms with van der Waals surface area (Å²) in [4.78, 5) is 15.0. The van der Waals surface area contributed by atoms with Crippen LogP contribution in [0.3, 0.4) is 0 Å². The highest BCUT2D eigenvalue weighted by Crippen LogP contribution is 2.28. The number of aryl methyl sites for hydroxylation is 2. The van der Waals surface area contributed by atoms with E-state index in [1.54, 1.807) is 18.3 Å². The second kappa shape index (κ2) is 5.22. The summed E-state index contributed by atoms with van der Waals surface area (Å²) in [6, 6.07) is 9.57. The molecular weight excluding hydrogens is 238 g/mol. The molecule has 0 amide bonds. The van der Waals surface area contributed by atoms with Crippen LogP contribution in [0.2, 0.25) is 0 Å². The number of hydrogen-bond donors (Lipinski definition) is 0. The summed E-state index contributed by atoms with van der Waals surface area (Å²) in [7, 11) is 0. The SMILES string of the molecule is O=Cc1cccnc1Oc1ccc2c(c1)CCCC2. The zero-order valence-corrected chi connectivity index (χ0v) is 10.6. The van der Waals surface area contributed by atoms with E-state index in [1.165, 1.54) is 24.0 Å². The Bertz CT molecular complexity index is 607. The number of rotatable bonds is 3. The van der Waals surface area contributed by atoms with Crippen molar-refractivity contribution < 1.29 is 9.53 Å². The van der Waals surface area contributed by atoms with Crippen LogP contribution in [-0.2, 0) is 12.8 Å². The third kappa shape index (κ3) is 2.50. The molecule has 0 unspecified atom stereocenters. The third-order valence-electron chi connectivity index (χ3n) is 3.46. The first-order chi connectivity index (χ1) is 9.36. The first kappa shape index (κ1) is 11.9. The maximum absolute atomic E-state index is 10.9. The number of aldehydes is 1. The summed E-state index contributed by atoms with van der Waals surface area (Å²) in [5, 5.41) is 0. The van der Waals surface area contributed by atoms with Gasteiger partial charge in [-0.1, -0.05) is 6.07 Å². The third-order valence-corrected chi connectivity index (χ3v) is 3.46. The highest BCUT2D eigenvalue weighted by Gasteiger charge is 2.11. The zero-order valence-electron chi connectivity index (χ0n) is 10.6. The Hall–Kier alpha value is -2.16. The molecule has 96 valence electrons. The van der Waals surface area contributed by atoms with Crippen molar-refractivity contribution in [3.8, 4) is 11.6 Å². The standard InChI is InChI=1S/C16H15NO2/c18-11-14-6-3-9-17-16(14)19-15-8-7-12-4-1-2-5-13(12)10-15/h3,6-11H,1-2,4-5H2. The van der Waals surface area contributed by atoms with Crippen molar-refractivity contribution in [2.75, 3.05) is 0 Å². The minimum Gasteiger partial charge on any atom is -0.438 e. The van der Waals surface area contributed by atoms with Gasteiger partial charge in [0.15, 0.2) is 6.29 Å². The molecule has 3 rings (SSSR count). The van der Waals surface area contributed by atoms with E-state index in [0.29, 0.717) is 11.4 Å². The number of hydrogen-bond acceptors (Lipinski definition) is 3. The molecule has 1 aliphatic carbocycles. The largest absolute Gasteiger partial charge is 0.438 e. The summed E-state index contributed by atoms with van der Waals surface area (Å²) in [6.07, 6.45) is 7.15. The van der Waals surface area contributed by atoms with Crippen LogP contribution in [0, 0.1) is 0 Å². The number of aromatic nitrogens is 1. The monoisotopic (exact) mass is 253 g/mol. The van der Waals surface area contributed by atoms with Gasteiger partial charge in [-0.25, -0.2) is 4.98 Å². The van der Waals surface area contributed by atoms with Gasteiger partial charge in [0.05, 0.1) is 5.56 Å². The number of pyridine rings is 1. The number of ether oxygens (including phenoxy) is 1. The number of carbonyl (C=O) groups excluding carboxylic acids is 1. The molecule has 2 aromatic rings. The Labute approximate surface area is 112 Å². The average Bonchev–Trinajstić information content (AvgIpc) is 2.48. The van der Waals surface area contributed by atoms with Gasteiger partial charge in [-0.2, -0.15) is 0 Å². The molecule has 0 saturated heterocycles. The van der Waals surface area contributed by atoms with Gasteiger partial charge in [0, 0.05) is 6.20 Å².